The van der Waals surface area contributed by atoms with Crippen molar-refractivity contribution in [3.63, 3.8) is 0 Å². The number of nitrogens with zero attached hydrogens (tertiary/aromatic N) is 1. The van der Waals surface area contributed by atoms with E-state index < -0.39 is 7.92 Å². The zero-order valence-electron chi connectivity index (χ0n) is 9.66. The van der Waals surface area contributed by atoms with Crippen LogP contribution in [0.5, 0.6) is 0 Å². The molecule has 86 valence electrons. The van der Waals surface area contributed by atoms with Gasteiger partial charge in [0.15, 0.2) is 0 Å². The molecule has 1 atom stereocenters. The molecule has 0 spiro atoms. The Morgan fingerprint density at radius 3 is 2.73 bits per heavy atom. The molecular weight excluding hydrogens is 209 g/mol. The Bertz CT molecular complexity index is 218. The van der Waals surface area contributed by atoms with Crippen molar-refractivity contribution in [2.24, 2.45) is 5.41 Å². The summed E-state index contributed by atoms with van der Waals surface area (Å²) < 4.78 is 10.9. The Morgan fingerprint density at radius 1 is 1.53 bits per heavy atom. The molecule has 0 bridgehead atoms. The molecule has 1 saturated heterocycles. The number of hydrogen-bond acceptors (Lipinski definition) is 3. The lowest BCUT2D eigenvalue weighted by Crippen LogP contribution is -2.45. The standard InChI is InChI=1S/C11H20NO2P/c1-3-11(8-14-9-11)7-13-5-4-6-15(2)10-12/h3-9H2,1-2H3. The molecule has 1 rings (SSSR count). The summed E-state index contributed by atoms with van der Waals surface area (Å²) in [5.41, 5.74) is 0.298. The topological polar surface area (TPSA) is 42.2 Å². The molecule has 0 aliphatic carbocycles. The molecule has 0 amide bonds. The van der Waals surface area contributed by atoms with Crippen LogP contribution in [-0.2, 0) is 9.47 Å². The average Bonchev–Trinajstić information content (AvgIpc) is 2.20. The van der Waals surface area contributed by atoms with Gasteiger partial charge in [-0.25, -0.2) is 0 Å². The molecule has 0 N–H and O–H groups in total. The predicted octanol–water partition coefficient (Wildman–Crippen LogP) is 2.41. The molecule has 0 aromatic heterocycles. The molecule has 1 unspecified atom stereocenters. The third-order valence-corrected chi connectivity index (χ3v) is 4.26. The normalized spacial score (nSPS) is 20.3. The second-order valence-corrected chi connectivity index (χ2v) is 6.32. The first-order chi connectivity index (χ1) is 7.22. The molecule has 15 heavy (non-hydrogen) atoms. The van der Waals surface area contributed by atoms with Crippen LogP contribution in [0.4, 0.5) is 0 Å². The predicted molar refractivity (Wildman–Crippen MR) is 62.3 cm³/mol. The summed E-state index contributed by atoms with van der Waals surface area (Å²) in [5, 5.41) is 8.63. The van der Waals surface area contributed by atoms with Crippen LogP contribution in [0, 0.1) is 16.5 Å². The van der Waals surface area contributed by atoms with Crippen LogP contribution < -0.4 is 0 Å². The van der Waals surface area contributed by atoms with Crippen LogP contribution in [0.15, 0.2) is 0 Å². The third-order valence-electron chi connectivity index (χ3n) is 2.93. The van der Waals surface area contributed by atoms with E-state index in [1.54, 1.807) is 0 Å². The van der Waals surface area contributed by atoms with Gasteiger partial charge in [-0.15, -0.1) is 0 Å². The number of nitriles is 1. The fourth-order valence-electron chi connectivity index (χ4n) is 1.52. The van der Waals surface area contributed by atoms with Crippen molar-refractivity contribution in [2.45, 2.75) is 19.8 Å². The van der Waals surface area contributed by atoms with Gasteiger partial charge in [0.2, 0.25) is 0 Å². The minimum Gasteiger partial charge on any atom is -0.381 e. The van der Waals surface area contributed by atoms with Gasteiger partial charge in [0.1, 0.15) is 0 Å². The molecule has 1 aliphatic rings. The molecule has 1 fully saturated rings. The van der Waals surface area contributed by atoms with Crippen molar-refractivity contribution >= 4 is 7.92 Å². The Balaban J connectivity index is 1.99. The molecule has 4 heteroatoms. The van der Waals surface area contributed by atoms with Crippen molar-refractivity contribution < 1.29 is 9.47 Å². The van der Waals surface area contributed by atoms with Crippen LogP contribution in [0.25, 0.3) is 0 Å². The molecular formula is C11H20NO2P. The fraction of sp³-hybridized carbons (Fsp3) is 0.909. The van der Waals surface area contributed by atoms with E-state index >= 15 is 0 Å². The summed E-state index contributed by atoms with van der Waals surface area (Å²) in [4.78, 5) is 0. The van der Waals surface area contributed by atoms with Crippen molar-refractivity contribution in [1.29, 1.82) is 5.26 Å². The molecule has 1 aliphatic heterocycles. The quantitative estimate of drug-likeness (QED) is 0.497. The number of hydrogen-bond donors (Lipinski definition) is 0. The van der Waals surface area contributed by atoms with Crippen molar-refractivity contribution in [2.75, 3.05) is 39.3 Å². The van der Waals surface area contributed by atoms with E-state index in [1.807, 2.05) is 6.66 Å². The van der Waals surface area contributed by atoms with Gasteiger partial charge in [-0.3, -0.25) is 0 Å². The largest absolute Gasteiger partial charge is 0.381 e. The van der Waals surface area contributed by atoms with Gasteiger partial charge in [0.25, 0.3) is 0 Å². The van der Waals surface area contributed by atoms with Crippen molar-refractivity contribution in [1.82, 2.24) is 0 Å². The van der Waals surface area contributed by atoms with E-state index in [0.29, 0.717) is 5.41 Å². The van der Waals surface area contributed by atoms with E-state index in [0.717, 1.165) is 45.4 Å². The van der Waals surface area contributed by atoms with Crippen molar-refractivity contribution in [3.05, 3.63) is 0 Å². The second-order valence-electron chi connectivity index (χ2n) is 4.27. The average molecular weight is 229 g/mol. The first kappa shape index (κ1) is 12.9. The van der Waals surface area contributed by atoms with Gasteiger partial charge in [0.05, 0.1) is 25.6 Å². The highest BCUT2D eigenvalue weighted by atomic mass is 31.1. The summed E-state index contributed by atoms with van der Waals surface area (Å²) in [6.45, 7) is 7.51. The van der Waals surface area contributed by atoms with E-state index in [1.165, 1.54) is 0 Å². The van der Waals surface area contributed by atoms with E-state index in [4.69, 9.17) is 14.7 Å². The van der Waals surface area contributed by atoms with Crippen LogP contribution in [0.3, 0.4) is 0 Å². The Kier molecular flexibility index (Phi) is 5.53. The van der Waals surface area contributed by atoms with E-state index in [2.05, 4.69) is 12.7 Å². The lowest BCUT2D eigenvalue weighted by atomic mass is 9.84. The molecule has 0 aromatic carbocycles. The minimum atomic E-state index is -0.415. The molecule has 0 radical (unpaired) electrons. The van der Waals surface area contributed by atoms with Gasteiger partial charge >= 0.3 is 0 Å². The smallest absolute Gasteiger partial charge is 0.0869 e. The van der Waals surface area contributed by atoms with Crippen LogP contribution in [-0.4, -0.2) is 39.3 Å². The molecule has 3 nitrogen and oxygen atoms in total. The third kappa shape index (κ3) is 4.07. The summed E-state index contributed by atoms with van der Waals surface area (Å²) in [6.07, 6.45) is 3.14. The van der Waals surface area contributed by atoms with Crippen LogP contribution in [0.2, 0.25) is 0 Å². The van der Waals surface area contributed by atoms with E-state index in [-0.39, 0.29) is 0 Å². The van der Waals surface area contributed by atoms with Gasteiger partial charge in [-0.05, 0) is 33.6 Å². The maximum Gasteiger partial charge on any atom is 0.0869 e. The molecule has 0 aromatic rings. The van der Waals surface area contributed by atoms with Gasteiger partial charge < -0.3 is 9.47 Å². The summed E-state index contributed by atoms with van der Waals surface area (Å²) in [6, 6.07) is 0. The Morgan fingerprint density at radius 2 is 2.27 bits per heavy atom. The van der Waals surface area contributed by atoms with Crippen LogP contribution in [0.1, 0.15) is 19.8 Å². The SMILES string of the molecule is CCC1(COCCCP(C)C#N)COC1. The first-order valence-electron chi connectivity index (χ1n) is 5.49. The summed E-state index contributed by atoms with van der Waals surface area (Å²) in [5.74, 6) is 2.29. The zero-order valence-corrected chi connectivity index (χ0v) is 10.6. The highest BCUT2D eigenvalue weighted by Crippen LogP contribution is 2.32. The fourth-order valence-corrected chi connectivity index (χ4v) is 2.23. The highest BCUT2D eigenvalue weighted by molar-refractivity contribution is 7.61. The number of ether oxygens (including phenoxy) is 2. The molecule has 0 saturated carbocycles. The zero-order chi connectivity index (χ0) is 11.1. The first-order valence-corrected chi connectivity index (χ1v) is 7.46. The van der Waals surface area contributed by atoms with Gasteiger partial charge in [-0.2, -0.15) is 5.26 Å². The van der Waals surface area contributed by atoms with E-state index in [9.17, 15) is 0 Å². The van der Waals surface area contributed by atoms with Crippen molar-refractivity contribution in [3.8, 4) is 5.81 Å². The monoisotopic (exact) mass is 229 g/mol. The second kappa shape index (κ2) is 6.43. The lowest BCUT2D eigenvalue weighted by Gasteiger charge is -2.40. The van der Waals surface area contributed by atoms with Gasteiger partial charge in [0, 0.05) is 12.0 Å². The minimum absolute atomic E-state index is 0.298. The number of rotatable bonds is 7. The summed E-state index contributed by atoms with van der Waals surface area (Å²) in [7, 11) is -0.415. The van der Waals surface area contributed by atoms with Crippen LogP contribution >= 0.6 is 7.92 Å². The highest BCUT2D eigenvalue weighted by Gasteiger charge is 2.36. The Labute approximate surface area is 93.5 Å². The lowest BCUT2D eigenvalue weighted by molar-refractivity contribution is -0.150. The summed E-state index contributed by atoms with van der Waals surface area (Å²) >= 11 is 0. The molecule has 1 heterocycles. The van der Waals surface area contributed by atoms with Gasteiger partial charge in [-0.1, -0.05) is 6.92 Å². The maximum atomic E-state index is 8.63. The Hall–Kier alpha value is -0.160. The maximum absolute atomic E-state index is 8.63.